The van der Waals surface area contributed by atoms with Crippen molar-refractivity contribution >= 4 is 47.4 Å². The highest BCUT2D eigenvalue weighted by molar-refractivity contribution is 14.0. The molecule has 27 heavy (non-hydrogen) atoms. The third-order valence-electron chi connectivity index (χ3n) is 4.78. The van der Waals surface area contributed by atoms with Crippen molar-refractivity contribution in [2.24, 2.45) is 10.7 Å². The molecule has 144 valence electrons. The van der Waals surface area contributed by atoms with E-state index in [1.807, 2.05) is 30.3 Å². The van der Waals surface area contributed by atoms with E-state index in [0.717, 1.165) is 35.9 Å². The summed E-state index contributed by atoms with van der Waals surface area (Å²) in [5.74, 6) is 0.300. The van der Waals surface area contributed by atoms with Gasteiger partial charge in [-0.25, -0.2) is 0 Å². The van der Waals surface area contributed by atoms with E-state index in [-0.39, 0.29) is 29.4 Å². The lowest BCUT2D eigenvalue weighted by Gasteiger charge is -2.19. The Bertz CT molecular complexity index is 836. The number of carbonyl (C=O) groups excluding carboxylic acids is 1. The van der Waals surface area contributed by atoms with E-state index in [1.165, 1.54) is 5.56 Å². The molecule has 7 heteroatoms. The number of benzene rings is 2. The number of nitrogens with one attached hydrogen (secondary N) is 2. The van der Waals surface area contributed by atoms with E-state index in [2.05, 4.69) is 21.7 Å². The Morgan fingerprint density at radius 3 is 2.56 bits per heavy atom. The molecule has 0 saturated heterocycles. The smallest absolute Gasteiger partial charge is 0.248 e. The molecule has 1 aliphatic carbocycles. The Morgan fingerprint density at radius 1 is 1.19 bits per heavy atom. The standard InChI is InChI=1S/C20H23ClN4O.HI/c1-23-19(24-12-14-4-2-5-15(10-14)18(22)26)25-13-20(8-9-20)16-6-3-7-17(21)11-16;/h2-7,10-11H,8-9,12-13H2,1H3,(H2,22,26)(H2,23,24,25);1H. The largest absolute Gasteiger partial charge is 0.366 e. The molecule has 0 heterocycles. The number of amides is 1. The van der Waals surface area contributed by atoms with Crippen LogP contribution in [0, 0.1) is 0 Å². The summed E-state index contributed by atoms with van der Waals surface area (Å²) in [5, 5.41) is 7.45. The number of primary amides is 1. The number of aliphatic imine (C=N–C) groups is 1. The lowest BCUT2D eigenvalue weighted by molar-refractivity contribution is 0.1000. The Hall–Kier alpha value is -1.80. The highest BCUT2D eigenvalue weighted by atomic mass is 127. The van der Waals surface area contributed by atoms with Crippen LogP contribution in [0.5, 0.6) is 0 Å². The Kier molecular flexibility index (Phi) is 7.49. The minimum atomic E-state index is -0.424. The summed E-state index contributed by atoms with van der Waals surface area (Å²) in [6.45, 7) is 1.36. The molecule has 2 aromatic carbocycles. The first-order valence-electron chi connectivity index (χ1n) is 8.62. The molecule has 0 bridgehead atoms. The number of halogens is 2. The first kappa shape index (κ1) is 21.5. The van der Waals surface area contributed by atoms with Crippen molar-refractivity contribution in [1.29, 1.82) is 0 Å². The molecule has 0 atom stereocenters. The maximum Gasteiger partial charge on any atom is 0.248 e. The van der Waals surface area contributed by atoms with Gasteiger partial charge in [-0.2, -0.15) is 0 Å². The maximum absolute atomic E-state index is 11.3. The van der Waals surface area contributed by atoms with Gasteiger partial charge in [0.1, 0.15) is 0 Å². The van der Waals surface area contributed by atoms with E-state index in [9.17, 15) is 4.79 Å². The lowest BCUT2D eigenvalue weighted by atomic mass is 9.96. The van der Waals surface area contributed by atoms with Gasteiger partial charge < -0.3 is 16.4 Å². The summed E-state index contributed by atoms with van der Waals surface area (Å²) in [4.78, 5) is 15.6. The molecule has 4 N–H and O–H groups in total. The van der Waals surface area contributed by atoms with Gasteiger partial charge in [-0.3, -0.25) is 9.79 Å². The number of nitrogens with zero attached hydrogens (tertiary/aromatic N) is 1. The van der Waals surface area contributed by atoms with Crippen LogP contribution < -0.4 is 16.4 Å². The zero-order valence-electron chi connectivity index (χ0n) is 15.2. The molecule has 2 aromatic rings. The molecule has 1 aliphatic rings. The fraction of sp³-hybridized carbons (Fsp3) is 0.300. The van der Waals surface area contributed by atoms with Crippen LogP contribution in [-0.4, -0.2) is 25.5 Å². The number of guanidine groups is 1. The molecule has 5 nitrogen and oxygen atoms in total. The summed E-state index contributed by atoms with van der Waals surface area (Å²) in [5.41, 5.74) is 8.20. The van der Waals surface area contributed by atoms with Crippen LogP contribution in [0.3, 0.4) is 0 Å². The second-order valence-electron chi connectivity index (χ2n) is 6.63. The van der Waals surface area contributed by atoms with Gasteiger partial charge in [-0.05, 0) is 48.2 Å². The van der Waals surface area contributed by atoms with Crippen molar-refractivity contribution in [3.05, 3.63) is 70.2 Å². The SMILES string of the molecule is CN=C(NCc1cccc(C(N)=O)c1)NCC1(c2cccc(Cl)c2)CC1.I. The van der Waals surface area contributed by atoms with E-state index in [0.29, 0.717) is 12.1 Å². The minimum Gasteiger partial charge on any atom is -0.366 e. The van der Waals surface area contributed by atoms with Gasteiger partial charge in [-0.1, -0.05) is 35.9 Å². The van der Waals surface area contributed by atoms with Gasteiger partial charge in [0, 0.05) is 36.1 Å². The van der Waals surface area contributed by atoms with Crippen molar-refractivity contribution in [3.63, 3.8) is 0 Å². The first-order valence-corrected chi connectivity index (χ1v) is 8.99. The highest BCUT2D eigenvalue weighted by Gasteiger charge is 2.44. The summed E-state index contributed by atoms with van der Waals surface area (Å²) in [7, 11) is 1.74. The van der Waals surface area contributed by atoms with Gasteiger partial charge in [-0.15, -0.1) is 24.0 Å². The molecular weight excluding hydrogens is 475 g/mol. The van der Waals surface area contributed by atoms with Crippen LogP contribution >= 0.6 is 35.6 Å². The molecule has 3 rings (SSSR count). The van der Waals surface area contributed by atoms with E-state index in [4.69, 9.17) is 17.3 Å². The van der Waals surface area contributed by atoms with Crippen LogP contribution in [0.2, 0.25) is 5.02 Å². The van der Waals surface area contributed by atoms with Crippen molar-refractivity contribution in [3.8, 4) is 0 Å². The second-order valence-corrected chi connectivity index (χ2v) is 7.07. The molecule has 0 radical (unpaired) electrons. The fourth-order valence-corrected chi connectivity index (χ4v) is 3.22. The molecule has 0 unspecified atom stereocenters. The summed E-state index contributed by atoms with van der Waals surface area (Å²) < 4.78 is 0. The van der Waals surface area contributed by atoms with Gasteiger partial charge >= 0.3 is 0 Å². The third-order valence-corrected chi connectivity index (χ3v) is 5.01. The quantitative estimate of drug-likeness (QED) is 0.324. The van der Waals surface area contributed by atoms with Crippen LogP contribution in [0.4, 0.5) is 0 Å². The minimum absolute atomic E-state index is 0. The molecule has 1 amide bonds. The van der Waals surface area contributed by atoms with Crippen LogP contribution in [0.1, 0.15) is 34.3 Å². The lowest BCUT2D eigenvalue weighted by Crippen LogP contribution is -2.40. The van der Waals surface area contributed by atoms with Crippen LogP contribution in [-0.2, 0) is 12.0 Å². The summed E-state index contributed by atoms with van der Waals surface area (Å²) in [6, 6.07) is 15.3. The van der Waals surface area contributed by atoms with Crippen molar-refractivity contribution < 1.29 is 4.79 Å². The number of rotatable bonds is 6. The fourth-order valence-electron chi connectivity index (χ4n) is 3.03. The normalized spacial score (nSPS) is 14.8. The van der Waals surface area contributed by atoms with Gasteiger partial charge in [0.15, 0.2) is 5.96 Å². The zero-order chi connectivity index (χ0) is 18.6. The van der Waals surface area contributed by atoms with Gasteiger partial charge in [0.05, 0.1) is 0 Å². The van der Waals surface area contributed by atoms with E-state index < -0.39 is 5.91 Å². The molecule has 0 aliphatic heterocycles. The molecule has 0 spiro atoms. The average Bonchev–Trinajstić information content (AvgIpc) is 3.43. The topological polar surface area (TPSA) is 79.5 Å². The molecule has 1 saturated carbocycles. The maximum atomic E-state index is 11.3. The average molecular weight is 499 g/mol. The number of hydrogen-bond donors (Lipinski definition) is 3. The predicted molar refractivity (Wildman–Crippen MR) is 121 cm³/mol. The molecular formula is C20H24ClIN4O. The number of hydrogen-bond acceptors (Lipinski definition) is 2. The summed E-state index contributed by atoms with van der Waals surface area (Å²) in [6.07, 6.45) is 2.27. The second kappa shape index (κ2) is 9.41. The third kappa shape index (κ3) is 5.59. The molecule has 1 fully saturated rings. The highest BCUT2D eigenvalue weighted by Crippen LogP contribution is 2.48. The Morgan fingerprint density at radius 2 is 1.93 bits per heavy atom. The van der Waals surface area contributed by atoms with E-state index in [1.54, 1.807) is 19.2 Å². The van der Waals surface area contributed by atoms with Crippen LogP contribution in [0.25, 0.3) is 0 Å². The number of nitrogens with two attached hydrogens (primary N) is 1. The number of carbonyl (C=O) groups is 1. The predicted octanol–water partition coefficient (Wildman–Crippen LogP) is 3.45. The van der Waals surface area contributed by atoms with E-state index >= 15 is 0 Å². The first-order chi connectivity index (χ1) is 12.5. The monoisotopic (exact) mass is 498 g/mol. The van der Waals surface area contributed by atoms with Crippen LogP contribution in [0.15, 0.2) is 53.5 Å². The van der Waals surface area contributed by atoms with Gasteiger partial charge in [0.25, 0.3) is 0 Å². The zero-order valence-corrected chi connectivity index (χ0v) is 18.3. The van der Waals surface area contributed by atoms with Crippen molar-refractivity contribution in [2.45, 2.75) is 24.8 Å². The Labute approximate surface area is 181 Å². The van der Waals surface area contributed by atoms with Crippen molar-refractivity contribution in [1.82, 2.24) is 10.6 Å². The Balaban J connectivity index is 0.00000261. The summed E-state index contributed by atoms with van der Waals surface area (Å²) >= 11 is 6.13. The van der Waals surface area contributed by atoms with Crippen molar-refractivity contribution in [2.75, 3.05) is 13.6 Å². The van der Waals surface area contributed by atoms with Gasteiger partial charge in [0.2, 0.25) is 5.91 Å². The molecule has 0 aromatic heterocycles.